The van der Waals surface area contributed by atoms with Gasteiger partial charge in [-0.3, -0.25) is 9.78 Å². The number of ether oxygens (including phenoxy) is 1. The van der Waals surface area contributed by atoms with Crippen molar-refractivity contribution in [3.8, 4) is 0 Å². The highest BCUT2D eigenvalue weighted by Gasteiger charge is 2.44. The molecule has 1 unspecified atom stereocenters. The second kappa shape index (κ2) is 6.56. The van der Waals surface area contributed by atoms with Crippen molar-refractivity contribution in [2.75, 3.05) is 13.1 Å². The fourth-order valence-corrected chi connectivity index (χ4v) is 2.90. The summed E-state index contributed by atoms with van der Waals surface area (Å²) >= 11 is 0. The first-order valence-electron chi connectivity index (χ1n) is 7.82. The van der Waals surface area contributed by atoms with Crippen molar-refractivity contribution >= 4 is 12.1 Å². The van der Waals surface area contributed by atoms with Gasteiger partial charge in [0, 0.05) is 25.5 Å². The molecule has 2 heterocycles. The van der Waals surface area contributed by atoms with Gasteiger partial charge >= 0.3 is 12.1 Å². The van der Waals surface area contributed by atoms with Crippen LogP contribution in [0.4, 0.5) is 4.79 Å². The molecule has 0 radical (unpaired) electrons. The Kier molecular flexibility index (Phi) is 4.92. The second-order valence-electron chi connectivity index (χ2n) is 7.13. The number of carbonyl (C=O) groups excluding carboxylic acids is 1. The van der Waals surface area contributed by atoms with Gasteiger partial charge in [0.15, 0.2) is 0 Å². The minimum Gasteiger partial charge on any atom is -0.481 e. The Bertz CT molecular complexity index is 568. The Morgan fingerprint density at radius 1 is 1.43 bits per heavy atom. The predicted molar refractivity (Wildman–Crippen MR) is 85.1 cm³/mol. The quantitative estimate of drug-likeness (QED) is 0.926. The first-order chi connectivity index (χ1) is 10.7. The molecule has 0 spiro atoms. The lowest BCUT2D eigenvalue weighted by Gasteiger charge is -2.40. The van der Waals surface area contributed by atoms with Gasteiger partial charge in [0.2, 0.25) is 0 Å². The van der Waals surface area contributed by atoms with Crippen molar-refractivity contribution in [3.63, 3.8) is 0 Å². The maximum atomic E-state index is 12.3. The van der Waals surface area contributed by atoms with Crippen LogP contribution in [0.2, 0.25) is 0 Å². The average molecular weight is 320 g/mol. The number of pyridine rings is 1. The van der Waals surface area contributed by atoms with Gasteiger partial charge in [0.1, 0.15) is 5.60 Å². The first-order valence-corrected chi connectivity index (χ1v) is 7.82. The van der Waals surface area contributed by atoms with E-state index >= 15 is 0 Å². The Balaban J connectivity index is 2.17. The first kappa shape index (κ1) is 17.2. The van der Waals surface area contributed by atoms with Crippen molar-refractivity contribution in [1.82, 2.24) is 9.88 Å². The summed E-state index contributed by atoms with van der Waals surface area (Å²) in [5, 5.41) is 9.78. The molecular formula is C17H24N2O4. The zero-order chi connectivity index (χ0) is 17.1. The molecule has 6 heteroatoms. The van der Waals surface area contributed by atoms with Gasteiger partial charge in [-0.1, -0.05) is 6.07 Å². The third-order valence-corrected chi connectivity index (χ3v) is 3.95. The van der Waals surface area contributed by atoms with E-state index in [4.69, 9.17) is 4.74 Å². The lowest BCUT2D eigenvalue weighted by atomic mass is 9.75. The van der Waals surface area contributed by atoms with Crippen LogP contribution < -0.4 is 0 Å². The smallest absolute Gasteiger partial charge is 0.410 e. The number of rotatable bonds is 3. The molecule has 0 aliphatic carbocycles. The fourth-order valence-electron chi connectivity index (χ4n) is 2.90. The third-order valence-electron chi connectivity index (χ3n) is 3.95. The lowest BCUT2D eigenvalue weighted by molar-refractivity contribution is -0.152. The second-order valence-corrected chi connectivity index (χ2v) is 7.13. The molecule has 0 bridgehead atoms. The monoisotopic (exact) mass is 320 g/mol. The van der Waals surface area contributed by atoms with E-state index < -0.39 is 23.1 Å². The van der Waals surface area contributed by atoms with Gasteiger partial charge in [-0.2, -0.15) is 0 Å². The summed E-state index contributed by atoms with van der Waals surface area (Å²) in [4.78, 5) is 29.8. The molecule has 126 valence electrons. The highest BCUT2D eigenvalue weighted by Crippen LogP contribution is 2.34. The summed E-state index contributed by atoms with van der Waals surface area (Å²) in [6.45, 7) is 6.09. The Morgan fingerprint density at radius 2 is 2.17 bits per heavy atom. The summed E-state index contributed by atoms with van der Waals surface area (Å²) < 4.78 is 5.38. The number of aromatic nitrogens is 1. The van der Waals surface area contributed by atoms with Crippen LogP contribution in [-0.4, -0.2) is 45.7 Å². The molecule has 1 fully saturated rings. The van der Waals surface area contributed by atoms with Gasteiger partial charge < -0.3 is 14.7 Å². The number of carbonyl (C=O) groups is 2. The molecule has 2 rings (SSSR count). The Hall–Kier alpha value is -2.11. The minimum atomic E-state index is -0.988. The molecule has 1 amide bonds. The van der Waals surface area contributed by atoms with E-state index in [1.54, 1.807) is 39.2 Å². The molecule has 23 heavy (non-hydrogen) atoms. The maximum Gasteiger partial charge on any atom is 0.410 e. The lowest BCUT2D eigenvalue weighted by Crippen LogP contribution is -2.52. The van der Waals surface area contributed by atoms with Crippen LogP contribution in [0, 0.1) is 5.41 Å². The van der Waals surface area contributed by atoms with E-state index in [0.717, 1.165) is 5.56 Å². The molecule has 1 aromatic rings. The number of aliphatic carboxylic acids is 1. The third kappa shape index (κ3) is 4.43. The standard InChI is InChI=1S/C17H24N2O4/c1-16(2,3)23-15(22)19-9-5-7-17(12-19,14(20)21)10-13-6-4-8-18-11-13/h4,6,8,11H,5,7,9-10,12H2,1-3H3,(H,20,21). The van der Waals surface area contributed by atoms with Gasteiger partial charge in [-0.05, 0) is 51.7 Å². The van der Waals surface area contributed by atoms with Crippen molar-refractivity contribution < 1.29 is 19.4 Å². The highest BCUT2D eigenvalue weighted by atomic mass is 16.6. The molecule has 0 aromatic carbocycles. The fraction of sp³-hybridized carbons (Fsp3) is 0.588. The molecule has 0 saturated carbocycles. The van der Waals surface area contributed by atoms with Crippen molar-refractivity contribution in [2.24, 2.45) is 5.41 Å². The average Bonchev–Trinajstić information content (AvgIpc) is 2.46. The van der Waals surface area contributed by atoms with E-state index in [0.29, 0.717) is 25.8 Å². The van der Waals surface area contributed by atoms with Gasteiger partial charge in [0.25, 0.3) is 0 Å². The number of amides is 1. The van der Waals surface area contributed by atoms with E-state index in [1.165, 1.54) is 4.90 Å². The van der Waals surface area contributed by atoms with Gasteiger partial charge in [0.05, 0.1) is 5.41 Å². The molecular weight excluding hydrogens is 296 g/mol. The molecule has 1 aliphatic heterocycles. The molecule has 1 atom stereocenters. The summed E-state index contributed by atoms with van der Waals surface area (Å²) in [6.07, 6.45) is 4.42. The van der Waals surface area contributed by atoms with Crippen LogP contribution >= 0.6 is 0 Å². The number of piperidine rings is 1. The van der Waals surface area contributed by atoms with Crippen LogP contribution in [-0.2, 0) is 16.0 Å². The number of carboxylic acid groups (broad SMARTS) is 1. The number of hydrogen-bond donors (Lipinski definition) is 1. The number of likely N-dealkylation sites (tertiary alicyclic amines) is 1. The van der Waals surface area contributed by atoms with E-state index in [-0.39, 0.29) is 6.54 Å². The number of nitrogens with zero attached hydrogens (tertiary/aromatic N) is 2. The zero-order valence-electron chi connectivity index (χ0n) is 13.9. The molecule has 1 saturated heterocycles. The summed E-state index contributed by atoms with van der Waals surface area (Å²) in [5.74, 6) is -0.880. The van der Waals surface area contributed by atoms with E-state index in [1.807, 2.05) is 6.07 Å². The summed E-state index contributed by atoms with van der Waals surface area (Å²) in [5.41, 5.74) is -0.719. The Morgan fingerprint density at radius 3 is 2.74 bits per heavy atom. The van der Waals surface area contributed by atoms with Crippen LogP contribution in [0.5, 0.6) is 0 Å². The summed E-state index contributed by atoms with van der Waals surface area (Å²) in [6, 6.07) is 3.66. The topological polar surface area (TPSA) is 79.7 Å². The van der Waals surface area contributed by atoms with Crippen molar-refractivity contribution in [3.05, 3.63) is 30.1 Å². The van der Waals surface area contributed by atoms with Crippen molar-refractivity contribution in [2.45, 2.75) is 45.6 Å². The van der Waals surface area contributed by atoms with Crippen LogP contribution in [0.3, 0.4) is 0 Å². The van der Waals surface area contributed by atoms with Gasteiger partial charge in [-0.15, -0.1) is 0 Å². The SMILES string of the molecule is CC(C)(C)OC(=O)N1CCCC(Cc2cccnc2)(C(=O)O)C1. The van der Waals surface area contributed by atoms with Crippen molar-refractivity contribution in [1.29, 1.82) is 0 Å². The number of carboxylic acids is 1. The highest BCUT2D eigenvalue weighted by molar-refractivity contribution is 5.77. The van der Waals surface area contributed by atoms with E-state index in [9.17, 15) is 14.7 Å². The molecule has 1 N–H and O–H groups in total. The molecule has 1 aliphatic rings. The zero-order valence-corrected chi connectivity index (χ0v) is 13.9. The van der Waals surface area contributed by atoms with Gasteiger partial charge in [-0.25, -0.2) is 4.79 Å². The number of hydrogen-bond acceptors (Lipinski definition) is 4. The predicted octanol–water partition coefficient (Wildman–Crippen LogP) is 2.73. The normalized spacial score (nSPS) is 21.8. The van der Waals surface area contributed by atoms with Crippen LogP contribution in [0.15, 0.2) is 24.5 Å². The minimum absolute atomic E-state index is 0.159. The summed E-state index contributed by atoms with van der Waals surface area (Å²) in [7, 11) is 0. The Labute approximate surface area is 136 Å². The maximum absolute atomic E-state index is 12.3. The van der Waals surface area contributed by atoms with E-state index in [2.05, 4.69) is 4.98 Å². The largest absolute Gasteiger partial charge is 0.481 e. The molecule has 6 nitrogen and oxygen atoms in total. The van der Waals surface area contributed by atoms with Crippen LogP contribution in [0.25, 0.3) is 0 Å². The van der Waals surface area contributed by atoms with Crippen LogP contribution in [0.1, 0.15) is 39.2 Å². The molecule has 1 aromatic heterocycles.